The van der Waals surface area contributed by atoms with Crippen LogP contribution in [0.15, 0.2) is 34.0 Å². The van der Waals surface area contributed by atoms with E-state index < -0.39 is 12.0 Å². The molecule has 1 unspecified atom stereocenters. The average Bonchev–Trinajstić information content (AvgIpc) is 2.28. The van der Waals surface area contributed by atoms with Gasteiger partial charge in [0.2, 0.25) is 0 Å². The molecule has 1 heterocycles. The van der Waals surface area contributed by atoms with Crippen LogP contribution < -0.4 is 5.32 Å². The van der Waals surface area contributed by atoms with Crippen molar-refractivity contribution in [1.82, 2.24) is 5.32 Å². The topological polar surface area (TPSA) is 57.5 Å². The minimum absolute atomic E-state index is 0.00979. The number of carbonyl (C=O) groups is 2. The van der Waals surface area contributed by atoms with Gasteiger partial charge in [-0.1, -0.05) is 28.1 Å². The lowest BCUT2D eigenvalue weighted by atomic mass is 9.91. The van der Waals surface area contributed by atoms with E-state index in [9.17, 15) is 9.59 Å². The van der Waals surface area contributed by atoms with Gasteiger partial charge in [-0.25, -0.2) is 4.79 Å². The van der Waals surface area contributed by atoms with Crippen LogP contribution in [0, 0.1) is 0 Å². The Balaban J connectivity index is 2.42. The first kappa shape index (κ1) is 11.1. The van der Waals surface area contributed by atoms with Crippen LogP contribution in [0.25, 0.3) is 0 Å². The monoisotopic (exact) mass is 282 g/mol. The molecule has 0 amide bonds. The normalized spacial score (nSPS) is 23.5. The quantitative estimate of drug-likeness (QED) is 0.680. The van der Waals surface area contributed by atoms with Crippen LogP contribution in [0.4, 0.5) is 0 Å². The highest BCUT2D eigenvalue weighted by Gasteiger charge is 2.33. The largest absolute Gasteiger partial charge is 0.467 e. The zero-order chi connectivity index (χ0) is 11.7. The number of hydrogen-bond donors (Lipinski definition) is 0. The van der Waals surface area contributed by atoms with Crippen molar-refractivity contribution in [3.63, 3.8) is 0 Å². The smallest absolute Gasteiger partial charge is 0.335 e. The third-order valence-corrected chi connectivity index (χ3v) is 3.26. The minimum atomic E-state index is -0.751. The first-order valence-electron chi connectivity index (χ1n) is 4.73. The molecule has 1 aliphatic heterocycles. The van der Waals surface area contributed by atoms with Crippen molar-refractivity contribution in [3.8, 4) is 0 Å². The maximum absolute atomic E-state index is 11.7. The predicted octanol–water partition coefficient (Wildman–Crippen LogP) is 1.21. The number of allylic oxidation sites excluding steroid dienone is 4. The number of hydrogen-bond acceptors (Lipinski definition) is 3. The van der Waals surface area contributed by atoms with Gasteiger partial charge in [0.15, 0.2) is 11.8 Å². The van der Waals surface area contributed by atoms with E-state index in [-0.39, 0.29) is 5.78 Å². The Labute approximate surface area is 101 Å². The highest BCUT2D eigenvalue weighted by Crippen LogP contribution is 2.32. The van der Waals surface area contributed by atoms with Crippen LogP contribution in [-0.4, -0.2) is 24.9 Å². The van der Waals surface area contributed by atoms with Crippen molar-refractivity contribution in [3.05, 3.63) is 34.0 Å². The number of esters is 1. The number of rotatable bonds is 1. The number of carbonyl (C=O) groups excluding carboxylic acids is 2. The number of Topliss-reactive ketones (excluding diaryl/α,β-unsaturated/α-hetero) is 1. The van der Waals surface area contributed by atoms with Crippen LogP contribution in [0.5, 0.6) is 0 Å². The Bertz CT molecular complexity index is 448. The maximum atomic E-state index is 11.7. The lowest BCUT2D eigenvalue weighted by molar-refractivity contribution is -0.141. The second-order valence-corrected chi connectivity index (χ2v) is 4.27. The molecule has 2 rings (SSSR count). The SMILES string of the molecule is COC(=O)C1[N]C=C2C=CCC(=O)C2=C1Br. The van der Waals surface area contributed by atoms with Crippen LogP contribution in [0.1, 0.15) is 6.42 Å². The van der Waals surface area contributed by atoms with E-state index in [1.165, 1.54) is 13.3 Å². The summed E-state index contributed by atoms with van der Waals surface area (Å²) in [6.45, 7) is 0. The molecule has 1 aliphatic carbocycles. The molecule has 1 radical (unpaired) electrons. The van der Waals surface area contributed by atoms with E-state index in [1.54, 1.807) is 6.08 Å². The molecule has 0 aromatic heterocycles. The molecule has 0 aromatic carbocycles. The van der Waals surface area contributed by atoms with Gasteiger partial charge in [-0.05, 0) is 0 Å². The molecule has 16 heavy (non-hydrogen) atoms. The molecule has 0 N–H and O–H groups in total. The summed E-state index contributed by atoms with van der Waals surface area (Å²) in [7, 11) is 1.30. The molecule has 0 spiro atoms. The molecule has 0 fully saturated rings. The molecule has 0 bridgehead atoms. The number of nitrogens with zero attached hydrogens (tertiary/aromatic N) is 1. The van der Waals surface area contributed by atoms with Crippen molar-refractivity contribution in [2.24, 2.45) is 0 Å². The summed E-state index contributed by atoms with van der Waals surface area (Å²) in [4.78, 5) is 23.1. The molecule has 0 saturated heterocycles. The summed E-state index contributed by atoms with van der Waals surface area (Å²) in [5, 5.41) is 4.06. The zero-order valence-electron chi connectivity index (χ0n) is 8.57. The van der Waals surface area contributed by atoms with Gasteiger partial charge < -0.3 is 4.74 Å². The fraction of sp³-hybridized carbons (Fsp3) is 0.273. The van der Waals surface area contributed by atoms with Crippen molar-refractivity contribution >= 4 is 27.7 Å². The van der Waals surface area contributed by atoms with E-state index in [2.05, 4.69) is 26.0 Å². The standard InChI is InChI=1S/C11H9BrNO3/c1-16-11(15)10-9(12)8-6(5-13-10)3-2-4-7(8)14/h2-3,5,10H,4H2,1H3. The predicted molar refractivity (Wildman–Crippen MR) is 60.7 cm³/mol. The van der Waals surface area contributed by atoms with E-state index in [0.29, 0.717) is 16.5 Å². The summed E-state index contributed by atoms with van der Waals surface area (Å²) in [6, 6.07) is -0.751. The van der Waals surface area contributed by atoms with Crippen molar-refractivity contribution in [2.75, 3.05) is 7.11 Å². The van der Waals surface area contributed by atoms with Crippen LogP contribution in [0.2, 0.25) is 0 Å². The van der Waals surface area contributed by atoms with Crippen LogP contribution >= 0.6 is 15.9 Å². The molecule has 83 valence electrons. The zero-order valence-corrected chi connectivity index (χ0v) is 10.2. The summed E-state index contributed by atoms with van der Waals surface area (Å²) in [5.41, 5.74) is 1.27. The fourth-order valence-corrected chi connectivity index (χ4v) is 2.41. The van der Waals surface area contributed by atoms with Crippen molar-refractivity contribution < 1.29 is 14.3 Å². The van der Waals surface area contributed by atoms with E-state index in [1.807, 2.05) is 6.08 Å². The molecular formula is C11H9BrNO3. The molecule has 1 atom stereocenters. The van der Waals surface area contributed by atoms with Crippen LogP contribution in [-0.2, 0) is 14.3 Å². The molecular weight excluding hydrogens is 274 g/mol. The fourth-order valence-electron chi connectivity index (χ4n) is 1.65. The van der Waals surface area contributed by atoms with Gasteiger partial charge in [0.25, 0.3) is 0 Å². The third-order valence-electron chi connectivity index (χ3n) is 2.43. The van der Waals surface area contributed by atoms with Crippen molar-refractivity contribution in [2.45, 2.75) is 12.5 Å². The average molecular weight is 283 g/mol. The van der Waals surface area contributed by atoms with Gasteiger partial charge in [0.1, 0.15) is 0 Å². The molecule has 2 aliphatic rings. The van der Waals surface area contributed by atoms with Gasteiger partial charge in [0, 0.05) is 28.2 Å². The van der Waals surface area contributed by atoms with Gasteiger partial charge in [-0.3, -0.25) is 10.1 Å². The summed E-state index contributed by atoms with van der Waals surface area (Å²) in [5.74, 6) is -0.485. The summed E-state index contributed by atoms with van der Waals surface area (Å²) < 4.78 is 5.11. The van der Waals surface area contributed by atoms with E-state index in [4.69, 9.17) is 0 Å². The molecule has 4 nitrogen and oxygen atoms in total. The Kier molecular flexibility index (Phi) is 2.96. The lowest BCUT2D eigenvalue weighted by Crippen LogP contribution is -2.34. The number of ketones is 1. The van der Waals surface area contributed by atoms with Gasteiger partial charge in [0.05, 0.1) is 7.11 Å². The summed E-state index contributed by atoms with van der Waals surface area (Å²) in [6.07, 6.45) is 5.51. The third kappa shape index (κ3) is 1.71. The Morgan fingerprint density at radius 3 is 3.06 bits per heavy atom. The molecule has 5 heteroatoms. The summed E-state index contributed by atoms with van der Waals surface area (Å²) >= 11 is 3.27. The van der Waals surface area contributed by atoms with Crippen molar-refractivity contribution in [1.29, 1.82) is 0 Å². The number of methoxy groups -OCH3 is 1. The number of halogens is 1. The van der Waals surface area contributed by atoms with Gasteiger partial charge >= 0.3 is 5.97 Å². The Hall–Kier alpha value is -1.36. The van der Waals surface area contributed by atoms with Crippen LogP contribution in [0.3, 0.4) is 0 Å². The Morgan fingerprint density at radius 1 is 1.62 bits per heavy atom. The molecule has 0 saturated carbocycles. The lowest BCUT2D eigenvalue weighted by Gasteiger charge is -2.23. The van der Waals surface area contributed by atoms with E-state index in [0.717, 1.165) is 5.57 Å². The van der Waals surface area contributed by atoms with E-state index >= 15 is 0 Å². The number of fused-ring (bicyclic) bond motifs is 1. The second-order valence-electron chi connectivity index (χ2n) is 3.41. The Morgan fingerprint density at radius 2 is 2.38 bits per heavy atom. The van der Waals surface area contributed by atoms with Gasteiger partial charge in [-0.15, -0.1) is 0 Å². The maximum Gasteiger partial charge on any atom is 0.335 e. The van der Waals surface area contributed by atoms with Gasteiger partial charge in [-0.2, -0.15) is 0 Å². The second kappa shape index (κ2) is 4.25. The number of ether oxygens (including phenoxy) is 1. The first-order valence-corrected chi connectivity index (χ1v) is 5.52. The highest BCUT2D eigenvalue weighted by molar-refractivity contribution is 9.11. The first-order chi connectivity index (χ1) is 7.65. The highest BCUT2D eigenvalue weighted by atomic mass is 79.9. The minimum Gasteiger partial charge on any atom is -0.467 e. The molecule has 0 aromatic rings.